The molecule has 1 aliphatic carbocycles. The van der Waals surface area contributed by atoms with Gasteiger partial charge < -0.3 is 15.7 Å². The maximum Gasteiger partial charge on any atom is 0.407 e. The fourth-order valence-corrected chi connectivity index (χ4v) is 3.97. The second-order valence-electron chi connectivity index (χ2n) is 6.74. The van der Waals surface area contributed by atoms with Crippen LogP contribution >= 0.6 is 0 Å². The molecule has 1 saturated carbocycles. The molecule has 0 aromatic carbocycles. The molecule has 0 aromatic heterocycles. The van der Waals surface area contributed by atoms with Crippen molar-refractivity contribution in [1.29, 1.82) is 0 Å². The highest BCUT2D eigenvalue weighted by Gasteiger charge is 2.52. The molecular weight excluding hydrogens is 216 g/mol. The van der Waals surface area contributed by atoms with Gasteiger partial charge in [0.05, 0.1) is 0 Å². The van der Waals surface area contributed by atoms with Crippen molar-refractivity contribution < 1.29 is 9.90 Å². The van der Waals surface area contributed by atoms with Gasteiger partial charge in [0.25, 0.3) is 0 Å². The average Bonchev–Trinajstić information content (AvgIpc) is 2.69. The van der Waals surface area contributed by atoms with Gasteiger partial charge in [-0.05, 0) is 42.6 Å². The van der Waals surface area contributed by atoms with E-state index in [1.807, 2.05) is 0 Å². The van der Waals surface area contributed by atoms with Crippen LogP contribution in [0.5, 0.6) is 0 Å². The molecule has 1 unspecified atom stereocenters. The van der Waals surface area contributed by atoms with Gasteiger partial charge in [0, 0.05) is 12.6 Å². The first-order valence-electron chi connectivity index (χ1n) is 6.54. The molecule has 1 saturated heterocycles. The number of amides is 1. The predicted octanol–water partition coefficient (Wildman–Crippen LogP) is 2.00. The van der Waals surface area contributed by atoms with Crippen LogP contribution in [-0.2, 0) is 0 Å². The Morgan fingerprint density at radius 2 is 2.06 bits per heavy atom. The van der Waals surface area contributed by atoms with E-state index in [1.54, 1.807) is 4.90 Å². The molecule has 4 heteroatoms. The van der Waals surface area contributed by atoms with Crippen LogP contribution in [0.4, 0.5) is 4.79 Å². The molecule has 2 aliphatic rings. The first-order valence-corrected chi connectivity index (χ1v) is 6.54. The van der Waals surface area contributed by atoms with Crippen molar-refractivity contribution in [2.45, 2.75) is 39.7 Å². The van der Waals surface area contributed by atoms with Gasteiger partial charge in [-0.3, -0.25) is 0 Å². The number of likely N-dealkylation sites (tertiary alicyclic amines) is 1. The molecule has 98 valence electrons. The molecule has 1 heterocycles. The quantitative estimate of drug-likeness (QED) is 0.736. The lowest BCUT2D eigenvalue weighted by atomic mass is 9.77. The smallest absolute Gasteiger partial charge is 0.407 e. The monoisotopic (exact) mass is 240 g/mol. The largest absolute Gasteiger partial charge is 0.465 e. The lowest BCUT2D eigenvalue weighted by Crippen LogP contribution is -2.45. The van der Waals surface area contributed by atoms with E-state index in [1.165, 1.54) is 0 Å². The highest BCUT2D eigenvalue weighted by Crippen LogP contribution is 2.49. The van der Waals surface area contributed by atoms with Crippen molar-refractivity contribution in [2.24, 2.45) is 28.9 Å². The van der Waals surface area contributed by atoms with Gasteiger partial charge in [-0.25, -0.2) is 4.79 Å². The second-order valence-corrected chi connectivity index (χ2v) is 6.74. The van der Waals surface area contributed by atoms with Crippen LogP contribution in [0.1, 0.15) is 33.6 Å². The maximum absolute atomic E-state index is 11.3. The summed E-state index contributed by atoms with van der Waals surface area (Å²) in [4.78, 5) is 13.0. The highest BCUT2D eigenvalue weighted by atomic mass is 16.4. The van der Waals surface area contributed by atoms with E-state index in [0.717, 1.165) is 19.4 Å². The molecule has 4 atom stereocenters. The number of hydrogen-bond donors (Lipinski definition) is 2. The zero-order valence-corrected chi connectivity index (χ0v) is 11.0. The van der Waals surface area contributed by atoms with Crippen molar-refractivity contribution in [1.82, 2.24) is 4.90 Å². The number of rotatable bonds is 1. The standard InChI is InChI=1S/C13H24N2O2/c1-13(2,3)11-10-5-8(6-14)4-9(10)7-15(11)12(16)17/h8-11H,4-7,14H2,1-3H3,(H,16,17)/t8-,9-,10-,11?/m0/s1. The minimum absolute atomic E-state index is 0.0152. The molecule has 2 rings (SSSR count). The summed E-state index contributed by atoms with van der Waals surface area (Å²) >= 11 is 0. The summed E-state index contributed by atoms with van der Waals surface area (Å²) in [5.41, 5.74) is 5.77. The van der Waals surface area contributed by atoms with Crippen molar-refractivity contribution >= 4 is 6.09 Å². The van der Waals surface area contributed by atoms with E-state index in [9.17, 15) is 9.90 Å². The Kier molecular flexibility index (Phi) is 3.10. The molecule has 1 aliphatic heterocycles. The summed E-state index contributed by atoms with van der Waals surface area (Å²) in [6.07, 6.45) is 1.45. The SMILES string of the molecule is CC(C)(C)C1[C@H]2C[C@@H](CN)C[C@H]2CN1C(=O)O. The zero-order chi connectivity index (χ0) is 12.8. The van der Waals surface area contributed by atoms with E-state index in [2.05, 4.69) is 20.8 Å². The lowest BCUT2D eigenvalue weighted by molar-refractivity contribution is 0.0880. The van der Waals surface area contributed by atoms with Gasteiger partial charge in [-0.1, -0.05) is 20.8 Å². The molecule has 0 aromatic rings. The van der Waals surface area contributed by atoms with E-state index in [-0.39, 0.29) is 11.5 Å². The molecule has 17 heavy (non-hydrogen) atoms. The lowest BCUT2D eigenvalue weighted by Gasteiger charge is -2.37. The Balaban J connectivity index is 2.21. The summed E-state index contributed by atoms with van der Waals surface area (Å²) in [5, 5.41) is 9.33. The fraction of sp³-hybridized carbons (Fsp3) is 0.923. The van der Waals surface area contributed by atoms with Crippen LogP contribution in [-0.4, -0.2) is 35.2 Å². The number of carboxylic acid groups (broad SMARTS) is 1. The highest BCUT2D eigenvalue weighted by molar-refractivity contribution is 5.66. The molecule has 3 N–H and O–H groups in total. The number of nitrogens with zero attached hydrogens (tertiary/aromatic N) is 1. The van der Waals surface area contributed by atoms with Crippen LogP contribution < -0.4 is 5.73 Å². The van der Waals surface area contributed by atoms with Gasteiger partial charge >= 0.3 is 6.09 Å². The molecule has 2 fully saturated rings. The number of fused-ring (bicyclic) bond motifs is 1. The first kappa shape index (κ1) is 12.7. The Hall–Kier alpha value is -0.770. The summed E-state index contributed by atoms with van der Waals surface area (Å²) in [6, 6.07) is 0.154. The number of nitrogens with two attached hydrogens (primary N) is 1. The Labute approximate surface area is 103 Å². The van der Waals surface area contributed by atoms with Crippen molar-refractivity contribution in [3.63, 3.8) is 0 Å². The molecule has 4 nitrogen and oxygen atoms in total. The van der Waals surface area contributed by atoms with Gasteiger partial charge in [0.15, 0.2) is 0 Å². The molecule has 0 spiro atoms. The Morgan fingerprint density at radius 1 is 1.41 bits per heavy atom. The van der Waals surface area contributed by atoms with Crippen LogP contribution in [0.2, 0.25) is 0 Å². The second kappa shape index (κ2) is 4.16. The third-order valence-corrected chi connectivity index (χ3v) is 4.49. The third-order valence-electron chi connectivity index (χ3n) is 4.49. The summed E-state index contributed by atoms with van der Waals surface area (Å²) < 4.78 is 0. The average molecular weight is 240 g/mol. The summed E-state index contributed by atoms with van der Waals surface area (Å²) in [6.45, 7) is 7.89. The van der Waals surface area contributed by atoms with Crippen molar-refractivity contribution in [3.05, 3.63) is 0 Å². The van der Waals surface area contributed by atoms with E-state index < -0.39 is 6.09 Å². The normalized spacial score (nSPS) is 37.3. The van der Waals surface area contributed by atoms with Crippen molar-refractivity contribution in [3.8, 4) is 0 Å². The van der Waals surface area contributed by atoms with Gasteiger partial charge in [-0.15, -0.1) is 0 Å². The minimum Gasteiger partial charge on any atom is -0.465 e. The van der Waals surface area contributed by atoms with E-state index in [0.29, 0.717) is 24.3 Å². The van der Waals surface area contributed by atoms with Crippen LogP contribution in [0.25, 0.3) is 0 Å². The fourth-order valence-electron chi connectivity index (χ4n) is 3.97. The number of hydrogen-bond acceptors (Lipinski definition) is 2. The topological polar surface area (TPSA) is 66.6 Å². The first-order chi connectivity index (χ1) is 7.84. The van der Waals surface area contributed by atoms with Crippen molar-refractivity contribution in [2.75, 3.05) is 13.1 Å². The van der Waals surface area contributed by atoms with E-state index in [4.69, 9.17) is 5.73 Å². The van der Waals surface area contributed by atoms with Crippen LogP contribution in [0.3, 0.4) is 0 Å². The zero-order valence-electron chi connectivity index (χ0n) is 11.0. The predicted molar refractivity (Wildman–Crippen MR) is 66.7 cm³/mol. The minimum atomic E-state index is -0.761. The molecule has 1 amide bonds. The summed E-state index contributed by atoms with van der Waals surface area (Å²) in [7, 11) is 0. The molecule has 0 bridgehead atoms. The van der Waals surface area contributed by atoms with Gasteiger partial charge in [0.2, 0.25) is 0 Å². The van der Waals surface area contributed by atoms with Crippen LogP contribution in [0.15, 0.2) is 0 Å². The van der Waals surface area contributed by atoms with Gasteiger partial charge in [0.1, 0.15) is 0 Å². The van der Waals surface area contributed by atoms with Gasteiger partial charge in [-0.2, -0.15) is 0 Å². The maximum atomic E-state index is 11.3. The Bertz CT molecular complexity index is 311. The number of carbonyl (C=O) groups is 1. The van der Waals surface area contributed by atoms with E-state index >= 15 is 0 Å². The Morgan fingerprint density at radius 3 is 2.53 bits per heavy atom. The third kappa shape index (κ3) is 2.15. The summed E-state index contributed by atoms with van der Waals surface area (Å²) in [5.74, 6) is 1.65. The molecular formula is C13H24N2O2. The molecule has 0 radical (unpaired) electrons. The van der Waals surface area contributed by atoms with Crippen LogP contribution in [0, 0.1) is 23.2 Å².